The third kappa shape index (κ3) is 4.03. The van der Waals surface area contributed by atoms with Gasteiger partial charge in [-0.05, 0) is 43.1 Å². The number of aromatic nitrogens is 2. The van der Waals surface area contributed by atoms with E-state index >= 15 is 0 Å². The number of halogens is 3. The molecule has 2 heterocycles. The van der Waals surface area contributed by atoms with E-state index in [4.69, 9.17) is 11.3 Å². The molecule has 1 N–H and O–H groups in total. The van der Waals surface area contributed by atoms with E-state index in [2.05, 4.69) is 31.2 Å². The number of carbonyl (C=O) groups is 1. The summed E-state index contributed by atoms with van der Waals surface area (Å²) in [6.07, 6.45) is -3.45. The van der Waals surface area contributed by atoms with E-state index in [0.717, 1.165) is 4.90 Å². The van der Waals surface area contributed by atoms with Gasteiger partial charge < -0.3 is 10.1 Å². The maximum absolute atomic E-state index is 13.5. The highest BCUT2D eigenvalue weighted by Crippen LogP contribution is 2.39. The number of rotatable bonds is 3. The largest absolute Gasteiger partial charge is 0.444 e. The Bertz CT molecular complexity index is 695. The Kier molecular flexibility index (Phi) is 5.56. The van der Waals surface area contributed by atoms with E-state index in [1.165, 1.54) is 4.68 Å². The number of ether oxygens (including phenoxy) is 1. The first kappa shape index (κ1) is 19.4. The van der Waals surface area contributed by atoms with Crippen LogP contribution in [0.3, 0.4) is 0 Å². The van der Waals surface area contributed by atoms with Crippen molar-refractivity contribution in [3.8, 4) is 0 Å². The van der Waals surface area contributed by atoms with E-state index in [9.17, 15) is 13.6 Å². The minimum atomic E-state index is -2.70. The van der Waals surface area contributed by atoms with Crippen LogP contribution in [0.1, 0.15) is 33.2 Å². The zero-order chi connectivity index (χ0) is 18.9. The summed E-state index contributed by atoms with van der Waals surface area (Å²) in [5, 5.41) is 7.10. The van der Waals surface area contributed by atoms with Crippen molar-refractivity contribution in [3.63, 3.8) is 0 Å². The molecule has 1 aliphatic heterocycles. The molecule has 1 saturated heterocycles. The van der Waals surface area contributed by atoms with Crippen LogP contribution in [0.15, 0.2) is 4.60 Å². The molecule has 1 aromatic rings. The predicted molar refractivity (Wildman–Crippen MR) is 92.1 cm³/mol. The van der Waals surface area contributed by atoms with Gasteiger partial charge in [0.15, 0.2) is 0 Å². The summed E-state index contributed by atoms with van der Waals surface area (Å²) in [6.45, 7) is 12.3. The number of likely N-dealkylation sites (tertiary alicyclic amines) is 1. The number of alkyl halides is 2. The minimum absolute atomic E-state index is 0.0249. The number of anilines is 1. The molecule has 25 heavy (non-hydrogen) atoms. The highest BCUT2D eigenvalue weighted by Gasteiger charge is 2.44. The molecule has 0 saturated carbocycles. The highest BCUT2D eigenvalue weighted by atomic mass is 79.9. The molecule has 1 fully saturated rings. The third-order valence-corrected chi connectivity index (χ3v) is 4.31. The zero-order valence-electron chi connectivity index (χ0n) is 14.4. The lowest BCUT2D eigenvalue weighted by atomic mass is 10.2. The van der Waals surface area contributed by atoms with Gasteiger partial charge in [0.05, 0.1) is 18.7 Å². The first-order chi connectivity index (χ1) is 11.6. The first-order valence-electron chi connectivity index (χ1n) is 7.70. The van der Waals surface area contributed by atoms with Gasteiger partial charge >= 0.3 is 6.09 Å². The number of nitrogens with one attached hydrogen (secondary N) is 1. The zero-order valence-corrected chi connectivity index (χ0v) is 16.0. The second kappa shape index (κ2) is 7.15. The predicted octanol–water partition coefficient (Wildman–Crippen LogP) is 4.05. The lowest BCUT2D eigenvalue weighted by molar-refractivity contribution is -0.00232. The maximum Gasteiger partial charge on any atom is 0.410 e. The van der Waals surface area contributed by atoms with Gasteiger partial charge in [-0.2, -0.15) is 5.10 Å². The fourth-order valence-corrected chi connectivity index (χ4v) is 3.23. The van der Waals surface area contributed by atoms with Crippen molar-refractivity contribution in [3.05, 3.63) is 16.0 Å². The van der Waals surface area contributed by atoms with Crippen LogP contribution in [-0.4, -0.2) is 52.4 Å². The maximum atomic E-state index is 13.5. The van der Waals surface area contributed by atoms with Crippen molar-refractivity contribution < 1.29 is 18.3 Å². The second-order valence-electron chi connectivity index (χ2n) is 6.72. The van der Waals surface area contributed by atoms with E-state index < -0.39 is 30.2 Å². The summed E-state index contributed by atoms with van der Waals surface area (Å²) in [5.74, 6) is 0.422. The van der Waals surface area contributed by atoms with Crippen LogP contribution in [-0.2, 0) is 4.74 Å². The molecular formula is C15H20BrF2N5O2. The Morgan fingerprint density at radius 3 is 2.64 bits per heavy atom. The first-order valence-corrected chi connectivity index (χ1v) is 8.49. The van der Waals surface area contributed by atoms with Gasteiger partial charge in [0, 0.05) is 13.6 Å². The molecule has 1 aliphatic rings. The number of hydrogen-bond donors (Lipinski definition) is 1. The number of carbonyl (C=O) groups excluding carboxylic acids is 1. The van der Waals surface area contributed by atoms with E-state index in [1.54, 1.807) is 27.8 Å². The fourth-order valence-electron chi connectivity index (χ4n) is 2.78. The molecule has 0 aliphatic carbocycles. The topological polar surface area (TPSA) is 63.8 Å². The van der Waals surface area contributed by atoms with Crippen LogP contribution >= 0.6 is 15.9 Å². The van der Waals surface area contributed by atoms with Crippen molar-refractivity contribution in [2.24, 2.45) is 0 Å². The Morgan fingerprint density at radius 1 is 1.52 bits per heavy atom. The quantitative estimate of drug-likeness (QED) is 0.750. The summed E-state index contributed by atoms with van der Waals surface area (Å²) >= 11 is 3.20. The molecule has 7 nitrogen and oxygen atoms in total. The molecule has 2 atom stereocenters. The normalized spacial score (nSPS) is 20.7. The van der Waals surface area contributed by atoms with Crippen molar-refractivity contribution in [1.29, 1.82) is 0 Å². The second-order valence-corrected chi connectivity index (χ2v) is 7.47. The Labute approximate surface area is 153 Å². The molecule has 0 radical (unpaired) electrons. The molecule has 2 rings (SSSR count). The van der Waals surface area contributed by atoms with Crippen LogP contribution in [0.25, 0.3) is 4.85 Å². The monoisotopic (exact) mass is 419 g/mol. The average molecular weight is 420 g/mol. The summed E-state index contributed by atoms with van der Waals surface area (Å²) in [4.78, 5) is 16.7. The molecule has 0 aromatic carbocycles. The Morgan fingerprint density at radius 2 is 2.16 bits per heavy atom. The number of hydrogen-bond acceptors (Lipinski definition) is 4. The van der Waals surface area contributed by atoms with Gasteiger partial charge in [-0.1, -0.05) is 0 Å². The molecule has 138 valence electrons. The van der Waals surface area contributed by atoms with Gasteiger partial charge in [-0.3, -0.25) is 9.58 Å². The van der Waals surface area contributed by atoms with E-state index in [1.807, 2.05) is 0 Å². The van der Waals surface area contributed by atoms with Crippen molar-refractivity contribution in [2.45, 2.75) is 51.3 Å². The molecule has 0 spiro atoms. The van der Waals surface area contributed by atoms with Crippen molar-refractivity contribution in [2.75, 3.05) is 18.9 Å². The van der Waals surface area contributed by atoms with Crippen LogP contribution in [0.2, 0.25) is 0 Å². The van der Waals surface area contributed by atoms with Gasteiger partial charge in [-0.25, -0.2) is 18.4 Å². The van der Waals surface area contributed by atoms with Gasteiger partial charge in [0.25, 0.3) is 12.1 Å². The smallest absolute Gasteiger partial charge is 0.410 e. The minimum Gasteiger partial charge on any atom is -0.444 e. The molecular weight excluding hydrogens is 400 g/mol. The molecule has 1 amide bonds. The van der Waals surface area contributed by atoms with Gasteiger partial charge in [-0.15, -0.1) is 0 Å². The molecule has 1 aromatic heterocycles. The summed E-state index contributed by atoms with van der Waals surface area (Å²) in [7, 11) is 1.62. The number of amides is 1. The van der Waals surface area contributed by atoms with Crippen LogP contribution in [0.5, 0.6) is 0 Å². The van der Waals surface area contributed by atoms with Gasteiger partial charge in [0.1, 0.15) is 16.0 Å². The van der Waals surface area contributed by atoms with E-state index in [-0.39, 0.29) is 18.7 Å². The molecule has 10 heteroatoms. The lowest BCUT2D eigenvalue weighted by Crippen LogP contribution is -2.43. The summed E-state index contributed by atoms with van der Waals surface area (Å²) in [5.41, 5.74) is -0.504. The fraction of sp³-hybridized carbons (Fsp3) is 0.667. The third-order valence-electron chi connectivity index (χ3n) is 3.78. The van der Waals surface area contributed by atoms with Crippen molar-refractivity contribution >= 4 is 33.5 Å². The van der Waals surface area contributed by atoms with Crippen LogP contribution < -0.4 is 5.32 Å². The SMILES string of the molecule is [C-]#[N+]c1c(Br)nn([C@H]2C[C@H](C(F)F)N(C(=O)OC(C)(C)C)C2)c1NC. The highest BCUT2D eigenvalue weighted by molar-refractivity contribution is 9.10. The molecule has 0 unspecified atom stereocenters. The van der Waals surface area contributed by atoms with Crippen molar-refractivity contribution in [1.82, 2.24) is 14.7 Å². The van der Waals surface area contributed by atoms with Crippen LogP contribution in [0, 0.1) is 6.57 Å². The standard InChI is InChI=1S/C15H20BrF2N5O2/c1-15(2,3)25-14(24)22-7-8(6-9(22)12(17)18)23-13(20-5)10(19-4)11(16)21-23/h8-9,12,20H,6-7H2,1-3,5H3/t8-,9+/m0/s1. The summed E-state index contributed by atoms with van der Waals surface area (Å²) < 4.78 is 34.0. The molecule has 0 bridgehead atoms. The summed E-state index contributed by atoms with van der Waals surface area (Å²) in [6, 6.07) is -1.75. The Hall–Kier alpha value is -1.89. The Balaban J connectivity index is 2.32. The number of nitrogens with zero attached hydrogens (tertiary/aromatic N) is 4. The lowest BCUT2D eigenvalue weighted by Gasteiger charge is -2.28. The van der Waals surface area contributed by atoms with Crippen LogP contribution in [0.4, 0.5) is 25.1 Å². The van der Waals surface area contributed by atoms with E-state index in [0.29, 0.717) is 10.4 Å². The average Bonchev–Trinajstić information content (AvgIpc) is 3.06. The van der Waals surface area contributed by atoms with Gasteiger partial charge in [0.2, 0.25) is 0 Å².